The average Bonchev–Trinajstić information content (AvgIpc) is 2.75. The van der Waals surface area contributed by atoms with E-state index in [1.807, 2.05) is 24.3 Å². The first-order valence-corrected chi connectivity index (χ1v) is 6.75. The van der Waals surface area contributed by atoms with Gasteiger partial charge in [0.25, 0.3) is 0 Å². The molecule has 0 amide bonds. The van der Waals surface area contributed by atoms with Gasteiger partial charge in [0.15, 0.2) is 0 Å². The van der Waals surface area contributed by atoms with E-state index < -0.39 is 0 Å². The number of nitrogens with one attached hydrogen (secondary N) is 1. The molecule has 17 heavy (non-hydrogen) atoms. The molecule has 0 fully saturated rings. The number of rotatable bonds is 4. The second kappa shape index (κ2) is 5.63. The second-order valence-corrected chi connectivity index (χ2v) is 5.55. The molecule has 0 bridgehead atoms. The van der Waals surface area contributed by atoms with Crippen LogP contribution in [-0.4, -0.2) is 10.4 Å². The molecule has 90 valence electrons. The monoisotopic (exact) mass is 266 g/mol. The summed E-state index contributed by atoms with van der Waals surface area (Å²) in [5.41, 5.74) is 2.07. The molecule has 2 nitrogen and oxygen atoms in total. The Labute approximate surface area is 111 Å². The van der Waals surface area contributed by atoms with E-state index in [4.69, 9.17) is 11.6 Å². The molecular weight excluding hydrogens is 252 g/mol. The molecule has 0 spiro atoms. The van der Waals surface area contributed by atoms with Gasteiger partial charge in [0.2, 0.25) is 0 Å². The van der Waals surface area contributed by atoms with E-state index in [0.29, 0.717) is 6.04 Å². The highest BCUT2D eigenvalue weighted by Crippen LogP contribution is 2.24. The van der Waals surface area contributed by atoms with Gasteiger partial charge in [-0.15, -0.1) is 0 Å². The largest absolute Gasteiger partial charge is 0.310 e. The third-order valence-electron chi connectivity index (χ3n) is 2.36. The van der Waals surface area contributed by atoms with E-state index >= 15 is 0 Å². The van der Waals surface area contributed by atoms with Crippen molar-refractivity contribution in [1.82, 2.24) is 9.69 Å². The van der Waals surface area contributed by atoms with Crippen LogP contribution in [-0.2, 0) is 6.54 Å². The van der Waals surface area contributed by atoms with E-state index in [0.717, 1.165) is 22.8 Å². The van der Waals surface area contributed by atoms with Gasteiger partial charge in [-0.05, 0) is 29.7 Å². The van der Waals surface area contributed by atoms with Crippen molar-refractivity contribution < 1.29 is 0 Å². The van der Waals surface area contributed by atoms with E-state index in [-0.39, 0.29) is 0 Å². The molecule has 2 rings (SSSR count). The lowest BCUT2D eigenvalue weighted by Crippen LogP contribution is -2.21. The fourth-order valence-corrected chi connectivity index (χ4v) is 2.36. The molecule has 0 saturated heterocycles. The van der Waals surface area contributed by atoms with Crippen LogP contribution in [0.15, 0.2) is 30.3 Å². The lowest BCUT2D eigenvalue weighted by Gasteiger charge is -2.04. The van der Waals surface area contributed by atoms with Crippen LogP contribution < -0.4 is 5.32 Å². The van der Waals surface area contributed by atoms with Gasteiger partial charge in [0.05, 0.1) is 5.69 Å². The molecule has 4 heteroatoms. The molecule has 0 atom stereocenters. The Morgan fingerprint density at radius 1 is 1.35 bits per heavy atom. The van der Waals surface area contributed by atoms with Crippen LogP contribution in [0, 0.1) is 0 Å². The molecule has 2 aromatic rings. The van der Waals surface area contributed by atoms with Crippen LogP contribution in [0.5, 0.6) is 0 Å². The molecule has 0 aliphatic carbocycles. The van der Waals surface area contributed by atoms with Gasteiger partial charge >= 0.3 is 0 Å². The predicted molar refractivity (Wildman–Crippen MR) is 74.5 cm³/mol. The standard InChI is InChI=1S/C13H15ClN2S/c1-9(2)15-8-12-7-13(16-17-12)10-4-3-5-11(14)6-10/h3-7,9,15H,8H2,1-2H3. The topological polar surface area (TPSA) is 24.9 Å². The van der Waals surface area contributed by atoms with Gasteiger partial charge in [-0.2, -0.15) is 4.37 Å². The van der Waals surface area contributed by atoms with Gasteiger partial charge in [-0.25, -0.2) is 0 Å². The van der Waals surface area contributed by atoms with Crippen molar-refractivity contribution in [3.05, 3.63) is 40.2 Å². The summed E-state index contributed by atoms with van der Waals surface area (Å²) in [6.45, 7) is 5.15. The number of hydrogen-bond donors (Lipinski definition) is 1. The average molecular weight is 267 g/mol. The summed E-state index contributed by atoms with van der Waals surface area (Å²) in [6.07, 6.45) is 0. The van der Waals surface area contributed by atoms with Crippen LogP contribution in [0.3, 0.4) is 0 Å². The first-order chi connectivity index (χ1) is 8.15. The highest BCUT2D eigenvalue weighted by atomic mass is 35.5. The third-order valence-corrected chi connectivity index (χ3v) is 3.38. The van der Waals surface area contributed by atoms with Crippen molar-refractivity contribution in [1.29, 1.82) is 0 Å². The fourth-order valence-electron chi connectivity index (χ4n) is 1.48. The number of aromatic nitrogens is 1. The fraction of sp³-hybridized carbons (Fsp3) is 0.308. The summed E-state index contributed by atoms with van der Waals surface area (Å²) in [6, 6.07) is 10.4. The maximum Gasteiger partial charge on any atom is 0.0844 e. The minimum atomic E-state index is 0.492. The Kier molecular flexibility index (Phi) is 4.15. The highest BCUT2D eigenvalue weighted by Gasteiger charge is 2.05. The molecule has 1 aromatic carbocycles. The quantitative estimate of drug-likeness (QED) is 0.906. The number of benzene rings is 1. The smallest absolute Gasteiger partial charge is 0.0844 e. The summed E-state index contributed by atoms with van der Waals surface area (Å²) >= 11 is 7.50. The molecular formula is C13H15ClN2S. The maximum atomic E-state index is 5.97. The molecule has 0 saturated carbocycles. The first kappa shape index (κ1) is 12.6. The zero-order valence-corrected chi connectivity index (χ0v) is 11.5. The maximum absolute atomic E-state index is 5.97. The number of nitrogens with zero attached hydrogens (tertiary/aromatic N) is 1. The summed E-state index contributed by atoms with van der Waals surface area (Å²) in [5.74, 6) is 0. The Morgan fingerprint density at radius 3 is 2.88 bits per heavy atom. The molecule has 1 N–H and O–H groups in total. The SMILES string of the molecule is CC(C)NCc1cc(-c2cccc(Cl)c2)ns1. The van der Waals surface area contributed by atoms with Gasteiger partial charge in [-0.1, -0.05) is 37.6 Å². The lowest BCUT2D eigenvalue weighted by atomic mass is 10.1. The summed E-state index contributed by atoms with van der Waals surface area (Å²) in [5, 5.41) is 4.13. The van der Waals surface area contributed by atoms with Crippen molar-refractivity contribution in [2.24, 2.45) is 0 Å². The summed E-state index contributed by atoms with van der Waals surface area (Å²) < 4.78 is 4.45. The second-order valence-electron chi connectivity index (χ2n) is 4.22. The van der Waals surface area contributed by atoms with E-state index in [2.05, 4.69) is 29.6 Å². The Bertz CT molecular complexity index is 494. The number of hydrogen-bond acceptors (Lipinski definition) is 3. The van der Waals surface area contributed by atoms with Crippen LogP contribution in [0.1, 0.15) is 18.7 Å². The summed E-state index contributed by atoms with van der Waals surface area (Å²) in [7, 11) is 0. The summed E-state index contributed by atoms with van der Waals surface area (Å²) in [4.78, 5) is 1.24. The third kappa shape index (κ3) is 3.53. The van der Waals surface area contributed by atoms with Crippen LogP contribution in [0.4, 0.5) is 0 Å². The van der Waals surface area contributed by atoms with Crippen molar-refractivity contribution in [3.8, 4) is 11.3 Å². The minimum Gasteiger partial charge on any atom is -0.310 e. The van der Waals surface area contributed by atoms with Crippen molar-refractivity contribution in [2.75, 3.05) is 0 Å². The van der Waals surface area contributed by atoms with Crippen molar-refractivity contribution in [2.45, 2.75) is 26.4 Å². The Hall–Kier alpha value is -0.900. The van der Waals surface area contributed by atoms with Crippen molar-refractivity contribution in [3.63, 3.8) is 0 Å². The van der Waals surface area contributed by atoms with E-state index in [9.17, 15) is 0 Å². The zero-order chi connectivity index (χ0) is 12.3. The Morgan fingerprint density at radius 2 is 2.18 bits per heavy atom. The molecule has 0 aliphatic heterocycles. The van der Waals surface area contributed by atoms with Gasteiger partial charge in [0.1, 0.15) is 0 Å². The molecule has 0 radical (unpaired) electrons. The van der Waals surface area contributed by atoms with E-state index in [1.165, 1.54) is 16.4 Å². The van der Waals surface area contributed by atoms with Crippen LogP contribution in [0.2, 0.25) is 5.02 Å². The van der Waals surface area contributed by atoms with Gasteiger partial charge < -0.3 is 5.32 Å². The van der Waals surface area contributed by atoms with Gasteiger partial charge in [0, 0.05) is 28.0 Å². The Balaban J connectivity index is 2.12. The first-order valence-electron chi connectivity index (χ1n) is 5.60. The highest BCUT2D eigenvalue weighted by molar-refractivity contribution is 7.06. The van der Waals surface area contributed by atoms with Crippen molar-refractivity contribution >= 4 is 23.1 Å². The molecule has 1 aromatic heterocycles. The molecule has 0 unspecified atom stereocenters. The van der Waals surface area contributed by atoms with E-state index in [1.54, 1.807) is 0 Å². The normalized spacial score (nSPS) is 11.1. The minimum absolute atomic E-state index is 0.492. The number of halogens is 1. The molecule has 1 heterocycles. The van der Waals surface area contributed by atoms with Crippen LogP contribution >= 0.6 is 23.1 Å². The zero-order valence-electron chi connectivity index (χ0n) is 9.90. The lowest BCUT2D eigenvalue weighted by molar-refractivity contribution is 0.593. The van der Waals surface area contributed by atoms with Crippen LogP contribution in [0.25, 0.3) is 11.3 Å². The van der Waals surface area contributed by atoms with Gasteiger partial charge in [-0.3, -0.25) is 0 Å². The predicted octanol–water partition coefficient (Wildman–Crippen LogP) is 3.96. The molecule has 0 aliphatic rings.